The van der Waals surface area contributed by atoms with Crippen LogP contribution in [0.1, 0.15) is 72.6 Å². The van der Waals surface area contributed by atoms with Crippen molar-refractivity contribution in [1.29, 1.82) is 0 Å². The van der Waals surface area contributed by atoms with Crippen LogP contribution in [-0.2, 0) is 9.53 Å². The van der Waals surface area contributed by atoms with Gasteiger partial charge < -0.3 is 4.74 Å². The second kappa shape index (κ2) is 3.66. The molecule has 1 heterocycles. The fourth-order valence-corrected chi connectivity index (χ4v) is 8.16. The van der Waals surface area contributed by atoms with Crippen LogP contribution in [0.3, 0.4) is 0 Å². The van der Waals surface area contributed by atoms with E-state index in [1.807, 2.05) is 0 Å². The van der Waals surface area contributed by atoms with Crippen LogP contribution < -0.4 is 0 Å². The Morgan fingerprint density at radius 2 is 1.68 bits per heavy atom. The molecule has 5 aliphatic rings. The molecule has 4 saturated carbocycles. The zero-order chi connectivity index (χ0) is 15.5. The van der Waals surface area contributed by atoms with E-state index in [0.29, 0.717) is 40.2 Å². The molecular formula is C20H30O2. The fourth-order valence-electron chi connectivity index (χ4n) is 8.16. The molecule has 0 unspecified atom stereocenters. The van der Waals surface area contributed by atoms with Gasteiger partial charge in [0.2, 0.25) is 0 Å². The van der Waals surface area contributed by atoms with Gasteiger partial charge in [0.1, 0.15) is 5.78 Å². The second-order valence-electron chi connectivity index (χ2n) is 10.4. The monoisotopic (exact) mass is 302 g/mol. The maximum Gasteiger partial charge on any atom is 0.138 e. The average Bonchev–Trinajstić information content (AvgIpc) is 3.21. The van der Waals surface area contributed by atoms with Crippen molar-refractivity contribution < 1.29 is 9.53 Å². The van der Waals surface area contributed by atoms with Crippen molar-refractivity contribution in [2.45, 2.75) is 84.8 Å². The third-order valence-corrected chi connectivity index (χ3v) is 9.15. The minimum absolute atomic E-state index is 0.113. The van der Waals surface area contributed by atoms with Crippen molar-refractivity contribution in [3.05, 3.63) is 0 Å². The summed E-state index contributed by atoms with van der Waals surface area (Å²) >= 11 is 0. The summed E-state index contributed by atoms with van der Waals surface area (Å²) in [5.41, 5.74) is 1.17. The van der Waals surface area contributed by atoms with E-state index in [4.69, 9.17) is 4.74 Å². The molecule has 0 aromatic carbocycles. The number of fused-ring (bicyclic) bond motifs is 5. The van der Waals surface area contributed by atoms with Gasteiger partial charge in [0.15, 0.2) is 0 Å². The number of ketones is 1. The third-order valence-electron chi connectivity index (χ3n) is 9.15. The highest BCUT2D eigenvalue weighted by Gasteiger charge is 2.77. The summed E-state index contributed by atoms with van der Waals surface area (Å²) in [4.78, 5) is 12.5. The van der Waals surface area contributed by atoms with Crippen molar-refractivity contribution in [1.82, 2.24) is 0 Å². The molecule has 1 aliphatic heterocycles. The standard InChI is InChI=1S/C20H30O2/c1-17(2)12-6-10-20-11-18(3,15-16(20)22-15)8-5-13(20)19(12,4)9-7-14(17)21/h12-13,15-16H,5-11H2,1-4H3/t12-,13+,15+,16-,18+,19-,20+/m1/s1. The summed E-state index contributed by atoms with van der Waals surface area (Å²) < 4.78 is 6.21. The molecule has 2 heteroatoms. The van der Waals surface area contributed by atoms with Gasteiger partial charge in [-0.15, -0.1) is 0 Å². The summed E-state index contributed by atoms with van der Waals surface area (Å²) in [6.45, 7) is 9.47. The zero-order valence-corrected chi connectivity index (χ0v) is 14.6. The topological polar surface area (TPSA) is 29.6 Å². The number of Topliss-reactive ketones (excluding diaryl/α,β-unsaturated/α-hetero) is 1. The molecule has 5 fully saturated rings. The van der Waals surface area contributed by atoms with Gasteiger partial charge >= 0.3 is 0 Å². The Labute approximate surface area is 134 Å². The first-order chi connectivity index (χ1) is 10.2. The maximum atomic E-state index is 12.5. The predicted octanol–water partition coefficient (Wildman–Crippen LogP) is 4.37. The van der Waals surface area contributed by atoms with Crippen molar-refractivity contribution >= 4 is 5.78 Å². The van der Waals surface area contributed by atoms with Crippen LogP contribution in [0.25, 0.3) is 0 Å². The van der Waals surface area contributed by atoms with Gasteiger partial charge in [-0.1, -0.05) is 27.7 Å². The van der Waals surface area contributed by atoms with Crippen molar-refractivity contribution in [3.8, 4) is 0 Å². The zero-order valence-electron chi connectivity index (χ0n) is 14.6. The summed E-state index contributed by atoms with van der Waals surface area (Å²) in [6, 6.07) is 0. The van der Waals surface area contributed by atoms with E-state index < -0.39 is 0 Å². The second-order valence-corrected chi connectivity index (χ2v) is 10.4. The first-order valence-corrected chi connectivity index (χ1v) is 9.43. The molecule has 0 amide bonds. The quantitative estimate of drug-likeness (QED) is 0.622. The molecule has 4 aliphatic carbocycles. The van der Waals surface area contributed by atoms with E-state index in [1.165, 1.54) is 32.1 Å². The molecule has 122 valence electrons. The average molecular weight is 302 g/mol. The van der Waals surface area contributed by atoms with Crippen LogP contribution in [0.15, 0.2) is 0 Å². The SMILES string of the molecule is CC1(C)C(=O)CC[C@]2(C)[C@@H]1CC[C@]13C[C@](C)(CC[C@@H]21)[C@H]1O[C@H]13. The van der Waals surface area contributed by atoms with E-state index in [1.54, 1.807) is 0 Å². The number of rotatable bonds is 0. The molecule has 2 nitrogen and oxygen atoms in total. The van der Waals surface area contributed by atoms with E-state index in [9.17, 15) is 4.79 Å². The van der Waals surface area contributed by atoms with Gasteiger partial charge in [-0.2, -0.15) is 0 Å². The van der Waals surface area contributed by atoms with Gasteiger partial charge in [0.05, 0.1) is 12.2 Å². The summed E-state index contributed by atoms with van der Waals surface area (Å²) in [5, 5.41) is 0. The summed E-state index contributed by atoms with van der Waals surface area (Å²) in [6.07, 6.45) is 9.73. The number of epoxide rings is 1. The Kier molecular flexibility index (Phi) is 2.33. The number of ether oxygens (including phenoxy) is 1. The van der Waals surface area contributed by atoms with Crippen LogP contribution in [0, 0.1) is 33.5 Å². The Hall–Kier alpha value is -0.370. The first-order valence-electron chi connectivity index (χ1n) is 9.43. The lowest BCUT2D eigenvalue weighted by Crippen LogP contribution is -2.60. The number of carbonyl (C=O) groups is 1. The molecule has 1 spiro atoms. The Morgan fingerprint density at radius 1 is 0.955 bits per heavy atom. The summed E-state index contributed by atoms with van der Waals surface area (Å²) in [5.74, 6) is 1.88. The van der Waals surface area contributed by atoms with E-state index in [2.05, 4.69) is 27.7 Å². The molecule has 0 N–H and O–H groups in total. The van der Waals surface area contributed by atoms with E-state index in [0.717, 1.165) is 18.8 Å². The summed E-state index contributed by atoms with van der Waals surface area (Å²) in [7, 11) is 0. The highest BCUT2D eigenvalue weighted by Crippen LogP contribution is 2.77. The lowest BCUT2D eigenvalue weighted by Gasteiger charge is -2.64. The van der Waals surface area contributed by atoms with Gasteiger partial charge in [0, 0.05) is 17.3 Å². The number of hydrogen-bond donors (Lipinski definition) is 0. The number of carbonyl (C=O) groups excluding carboxylic acids is 1. The Bertz CT molecular complexity index is 566. The van der Waals surface area contributed by atoms with E-state index in [-0.39, 0.29) is 5.41 Å². The minimum atomic E-state index is -0.113. The smallest absolute Gasteiger partial charge is 0.138 e. The molecule has 22 heavy (non-hydrogen) atoms. The number of hydrogen-bond acceptors (Lipinski definition) is 2. The largest absolute Gasteiger partial charge is 0.368 e. The van der Waals surface area contributed by atoms with Crippen molar-refractivity contribution in [2.24, 2.45) is 33.5 Å². The molecule has 0 aromatic rings. The van der Waals surface area contributed by atoms with Gasteiger partial charge in [-0.3, -0.25) is 4.79 Å². The molecular weight excluding hydrogens is 272 g/mol. The maximum absolute atomic E-state index is 12.5. The molecule has 7 atom stereocenters. The van der Waals surface area contributed by atoms with Crippen LogP contribution in [0.5, 0.6) is 0 Å². The first kappa shape index (κ1) is 14.0. The molecule has 1 saturated heterocycles. The van der Waals surface area contributed by atoms with Crippen molar-refractivity contribution in [3.63, 3.8) is 0 Å². The predicted molar refractivity (Wildman–Crippen MR) is 85.4 cm³/mol. The lowest BCUT2D eigenvalue weighted by molar-refractivity contribution is -0.178. The van der Waals surface area contributed by atoms with E-state index >= 15 is 0 Å². The Balaban J connectivity index is 1.59. The van der Waals surface area contributed by atoms with Crippen LogP contribution in [0.4, 0.5) is 0 Å². The molecule has 2 bridgehead atoms. The lowest BCUT2D eigenvalue weighted by atomic mass is 9.40. The third kappa shape index (κ3) is 1.33. The van der Waals surface area contributed by atoms with Gasteiger partial charge in [-0.05, 0) is 61.2 Å². The van der Waals surface area contributed by atoms with Crippen LogP contribution in [-0.4, -0.2) is 18.0 Å². The minimum Gasteiger partial charge on any atom is -0.368 e. The van der Waals surface area contributed by atoms with Crippen molar-refractivity contribution in [2.75, 3.05) is 0 Å². The molecule has 0 aromatic heterocycles. The molecule has 5 rings (SSSR count). The molecule has 0 radical (unpaired) electrons. The highest BCUT2D eigenvalue weighted by molar-refractivity contribution is 5.85. The van der Waals surface area contributed by atoms with Crippen LogP contribution in [0.2, 0.25) is 0 Å². The normalized spacial score (nSPS) is 61.2. The Morgan fingerprint density at radius 3 is 2.45 bits per heavy atom. The fraction of sp³-hybridized carbons (Fsp3) is 0.950. The highest BCUT2D eigenvalue weighted by atomic mass is 16.6. The van der Waals surface area contributed by atoms with Crippen LogP contribution >= 0.6 is 0 Å². The van der Waals surface area contributed by atoms with Gasteiger partial charge in [-0.25, -0.2) is 0 Å². The van der Waals surface area contributed by atoms with Gasteiger partial charge in [0.25, 0.3) is 0 Å².